The number of carbonyl (C=O) groups excluding carboxylic acids is 1. The molecule has 6 heteroatoms. The van der Waals surface area contributed by atoms with Crippen molar-refractivity contribution in [3.63, 3.8) is 0 Å². The van der Waals surface area contributed by atoms with Crippen LogP contribution in [0.15, 0.2) is 22.7 Å². The highest BCUT2D eigenvalue weighted by Gasteiger charge is 2.30. The van der Waals surface area contributed by atoms with Gasteiger partial charge in [0, 0.05) is 39.1 Å². The van der Waals surface area contributed by atoms with Gasteiger partial charge in [-0.1, -0.05) is 12.1 Å². The Balaban J connectivity index is 1.47. The minimum atomic E-state index is -0.439. The van der Waals surface area contributed by atoms with Crippen LogP contribution in [0.1, 0.15) is 26.3 Å². The second-order valence-electron chi connectivity index (χ2n) is 7.44. The van der Waals surface area contributed by atoms with Crippen LogP contribution < -0.4 is 4.74 Å². The Kier molecular flexibility index (Phi) is 5.06. The molecule has 2 heterocycles. The second-order valence-corrected chi connectivity index (χ2v) is 8.29. The van der Waals surface area contributed by atoms with Crippen LogP contribution in [0.5, 0.6) is 5.75 Å². The van der Waals surface area contributed by atoms with E-state index in [4.69, 9.17) is 9.47 Å². The molecule has 0 aromatic heterocycles. The van der Waals surface area contributed by atoms with Crippen LogP contribution in [0.25, 0.3) is 0 Å². The van der Waals surface area contributed by atoms with Gasteiger partial charge in [0.05, 0.1) is 4.47 Å². The average Bonchev–Trinajstić information content (AvgIpc) is 2.90. The highest BCUT2D eigenvalue weighted by molar-refractivity contribution is 9.10. The number of halogens is 1. The Hall–Kier alpha value is -1.27. The van der Waals surface area contributed by atoms with Gasteiger partial charge in [0.15, 0.2) is 0 Å². The Morgan fingerprint density at radius 2 is 2.00 bits per heavy atom. The first kappa shape index (κ1) is 17.5. The molecule has 0 bridgehead atoms. The lowest BCUT2D eigenvalue weighted by Gasteiger charge is -2.36. The first-order valence-corrected chi connectivity index (χ1v) is 9.25. The third-order valence-corrected chi connectivity index (χ3v) is 4.89. The van der Waals surface area contributed by atoms with Gasteiger partial charge in [-0.05, 0) is 48.3 Å². The molecule has 1 unspecified atom stereocenters. The van der Waals surface area contributed by atoms with E-state index in [-0.39, 0.29) is 12.2 Å². The molecule has 2 aliphatic heterocycles. The molecule has 0 radical (unpaired) electrons. The van der Waals surface area contributed by atoms with E-state index in [1.54, 1.807) is 4.90 Å². The maximum Gasteiger partial charge on any atom is 0.410 e. The van der Waals surface area contributed by atoms with E-state index < -0.39 is 5.60 Å². The van der Waals surface area contributed by atoms with Crippen molar-refractivity contribution in [3.05, 3.63) is 28.2 Å². The summed E-state index contributed by atoms with van der Waals surface area (Å²) in [7, 11) is 0. The number of carbonyl (C=O) groups is 1. The molecule has 3 rings (SSSR count). The lowest BCUT2D eigenvalue weighted by molar-refractivity contribution is 0.0118. The van der Waals surface area contributed by atoms with Gasteiger partial charge in [-0.15, -0.1) is 0 Å². The minimum absolute atomic E-state index is 0.187. The van der Waals surface area contributed by atoms with Crippen molar-refractivity contribution < 1.29 is 14.3 Å². The van der Waals surface area contributed by atoms with Crippen molar-refractivity contribution in [1.82, 2.24) is 9.80 Å². The quantitative estimate of drug-likeness (QED) is 0.768. The molecule has 1 aromatic rings. The average molecular weight is 397 g/mol. The Labute approximate surface area is 152 Å². The van der Waals surface area contributed by atoms with E-state index in [2.05, 4.69) is 26.9 Å². The molecule has 0 N–H and O–H groups in total. The Bertz CT molecular complexity index is 607. The lowest BCUT2D eigenvalue weighted by Crippen LogP contribution is -2.51. The molecule has 1 fully saturated rings. The number of hydrogen-bond donors (Lipinski definition) is 0. The molecular formula is C18H25BrN2O3. The number of fused-ring (bicyclic) bond motifs is 1. The zero-order valence-electron chi connectivity index (χ0n) is 14.5. The topological polar surface area (TPSA) is 42.0 Å². The van der Waals surface area contributed by atoms with Crippen molar-refractivity contribution in [2.75, 3.05) is 32.7 Å². The fourth-order valence-corrected chi connectivity index (χ4v) is 3.63. The summed E-state index contributed by atoms with van der Waals surface area (Å²) in [6.45, 7) is 9.71. The van der Waals surface area contributed by atoms with Gasteiger partial charge in [-0.3, -0.25) is 4.90 Å². The monoisotopic (exact) mass is 396 g/mol. The predicted molar refractivity (Wildman–Crippen MR) is 96.5 cm³/mol. The molecule has 2 aliphatic rings. The predicted octanol–water partition coefficient (Wildman–Crippen LogP) is 3.31. The van der Waals surface area contributed by atoms with Crippen LogP contribution in [0, 0.1) is 0 Å². The van der Waals surface area contributed by atoms with Crippen molar-refractivity contribution in [2.24, 2.45) is 0 Å². The van der Waals surface area contributed by atoms with Crippen LogP contribution in [0.2, 0.25) is 0 Å². The fraction of sp³-hybridized carbons (Fsp3) is 0.611. The van der Waals surface area contributed by atoms with Gasteiger partial charge < -0.3 is 14.4 Å². The van der Waals surface area contributed by atoms with Crippen LogP contribution in [-0.4, -0.2) is 60.3 Å². The first-order chi connectivity index (χ1) is 11.3. The number of benzene rings is 1. The normalized spacial score (nSPS) is 21.3. The van der Waals surface area contributed by atoms with Crippen LogP contribution >= 0.6 is 15.9 Å². The largest absolute Gasteiger partial charge is 0.487 e. The summed E-state index contributed by atoms with van der Waals surface area (Å²) in [6.07, 6.45) is 0.920. The molecule has 5 nitrogen and oxygen atoms in total. The summed E-state index contributed by atoms with van der Waals surface area (Å²) in [5.74, 6) is 0.981. The summed E-state index contributed by atoms with van der Waals surface area (Å²) in [5, 5.41) is 0. The lowest BCUT2D eigenvalue weighted by atomic mass is 10.1. The zero-order valence-corrected chi connectivity index (χ0v) is 16.1. The SMILES string of the molecule is CC(C)(C)OC(=O)N1CCN(CC2Cc3cccc(Br)c3O2)CC1. The standard InChI is InChI=1S/C18H25BrN2O3/c1-18(2,3)24-17(22)21-9-7-20(8-10-21)12-14-11-13-5-4-6-15(19)16(13)23-14/h4-6,14H,7-12H2,1-3H3. The van der Waals surface area contributed by atoms with Gasteiger partial charge in [0.2, 0.25) is 0 Å². The van der Waals surface area contributed by atoms with E-state index in [0.29, 0.717) is 13.1 Å². The molecular weight excluding hydrogens is 372 g/mol. The van der Waals surface area contributed by atoms with Gasteiger partial charge in [-0.25, -0.2) is 4.79 Å². The number of piperazine rings is 1. The molecule has 24 heavy (non-hydrogen) atoms. The van der Waals surface area contributed by atoms with Crippen molar-refractivity contribution in [1.29, 1.82) is 0 Å². The Morgan fingerprint density at radius 1 is 1.29 bits per heavy atom. The third-order valence-electron chi connectivity index (χ3n) is 4.27. The van der Waals surface area contributed by atoms with Crippen LogP contribution in [0.4, 0.5) is 4.79 Å². The summed E-state index contributed by atoms with van der Waals surface area (Å²) in [6, 6.07) is 6.19. The van der Waals surface area contributed by atoms with E-state index >= 15 is 0 Å². The maximum absolute atomic E-state index is 12.1. The second kappa shape index (κ2) is 6.92. The molecule has 0 spiro atoms. The minimum Gasteiger partial charge on any atom is -0.487 e. The number of rotatable bonds is 2. The highest BCUT2D eigenvalue weighted by atomic mass is 79.9. The van der Waals surface area contributed by atoms with Crippen LogP contribution in [-0.2, 0) is 11.2 Å². The highest BCUT2D eigenvalue weighted by Crippen LogP contribution is 2.36. The number of para-hydroxylation sites is 1. The maximum atomic E-state index is 12.1. The van der Waals surface area contributed by atoms with Crippen molar-refractivity contribution in [3.8, 4) is 5.75 Å². The van der Waals surface area contributed by atoms with Crippen LogP contribution in [0.3, 0.4) is 0 Å². The number of hydrogen-bond acceptors (Lipinski definition) is 4. The number of ether oxygens (including phenoxy) is 2. The molecule has 1 aromatic carbocycles. The molecule has 1 amide bonds. The summed E-state index contributed by atoms with van der Waals surface area (Å²) in [4.78, 5) is 16.3. The van der Waals surface area contributed by atoms with Gasteiger partial charge in [0.1, 0.15) is 17.5 Å². The van der Waals surface area contributed by atoms with Gasteiger partial charge in [-0.2, -0.15) is 0 Å². The zero-order chi connectivity index (χ0) is 17.3. The molecule has 0 aliphatic carbocycles. The number of nitrogens with zero attached hydrogens (tertiary/aromatic N) is 2. The van der Waals surface area contributed by atoms with Crippen molar-refractivity contribution >= 4 is 22.0 Å². The number of amides is 1. The molecule has 1 atom stereocenters. The van der Waals surface area contributed by atoms with E-state index in [9.17, 15) is 4.79 Å². The molecule has 0 saturated carbocycles. The first-order valence-electron chi connectivity index (χ1n) is 8.46. The Morgan fingerprint density at radius 3 is 2.62 bits per heavy atom. The van der Waals surface area contributed by atoms with Gasteiger partial charge in [0.25, 0.3) is 0 Å². The van der Waals surface area contributed by atoms with E-state index in [1.807, 2.05) is 32.9 Å². The van der Waals surface area contributed by atoms with E-state index in [1.165, 1.54) is 5.56 Å². The third kappa shape index (κ3) is 4.22. The van der Waals surface area contributed by atoms with E-state index in [0.717, 1.165) is 36.3 Å². The molecule has 1 saturated heterocycles. The van der Waals surface area contributed by atoms with Gasteiger partial charge >= 0.3 is 6.09 Å². The summed E-state index contributed by atoms with van der Waals surface area (Å²) >= 11 is 3.55. The fourth-order valence-electron chi connectivity index (χ4n) is 3.13. The smallest absolute Gasteiger partial charge is 0.410 e. The summed E-state index contributed by atoms with van der Waals surface area (Å²) in [5.41, 5.74) is 0.826. The van der Waals surface area contributed by atoms with Crippen molar-refractivity contribution in [2.45, 2.75) is 38.9 Å². The summed E-state index contributed by atoms with van der Waals surface area (Å²) < 4.78 is 12.6. The molecule has 132 valence electrons.